The molecule has 1 saturated heterocycles. The Kier molecular flexibility index (Phi) is 5.70. The number of carbonyl (C=O) groups excluding carboxylic acids is 2. The van der Waals surface area contributed by atoms with Gasteiger partial charge in [-0.3, -0.25) is 14.5 Å². The first-order valence-electron chi connectivity index (χ1n) is 9.39. The lowest BCUT2D eigenvalue weighted by Gasteiger charge is -2.34. The van der Waals surface area contributed by atoms with Crippen molar-refractivity contribution in [3.63, 3.8) is 0 Å². The number of hydrogen-bond acceptors (Lipinski definition) is 5. The lowest BCUT2D eigenvalue weighted by atomic mass is 10.1. The number of carbonyl (C=O) groups is 2. The van der Waals surface area contributed by atoms with Gasteiger partial charge in [0.2, 0.25) is 5.91 Å². The first-order valence-corrected chi connectivity index (χ1v) is 9.39. The molecule has 1 aromatic carbocycles. The van der Waals surface area contributed by atoms with Gasteiger partial charge in [-0.15, -0.1) is 0 Å². The van der Waals surface area contributed by atoms with E-state index in [1.807, 2.05) is 50.8 Å². The fourth-order valence-electron chi connectivity index (χ4n) is 3.23. The molecular formula is C20H27N5O2. The number of aromatic nitrogens is 2. The molecular weight excluding hydrogens is 342 g/mol. The molecule has 0 radical (unpaired) electrons. The molecule has 0 bridgehead atoms. The highest BCUT2D eigenvalue weighted by Crippen LogP contribution is 2.16. The van der Waals surface area contributed by atoms with Crippen LogP contribution in [0.3, 0.4) is 0 Å². The van der Waals surface area contributed by atoms with Crippen molar-refractivity contribution in [3.8, 4) is 0 Å². The molecule has 27 heavy (non-hydrogen) atoms. The molecule has 7 nitrogen and oxygen atoms in total. The van der Waals surface area contributed by atoms with Gasteiger partial charge in [0.15, 0.2) is 0 Å². The molecule has 2 heterocycles. The van der Waals surface area contributed by atoms with Crippen LogP contribution in [0.2, 0.25) is 0 Å². The number of aryl methyl sites for hydroxylation is 2. The maximum absolute atomic E-state index is 12.8. The quantitative estimate of drug-likeness (QED) is 0.884. The van der Waals surface area contributed by atoms with Crippen LogP contribution in [-0.2, 0) is 4.79 Å². The van der Waals surface area contributed by atoms with E-state index in [-0.39, 0.29) is 17.9 Å². The Morgan fingerprint density at radius 3 is 2.30 bits per heavy atom. The monoisotopic (exact) mass is 369 g/mol. The van der Waals surface area contributed by atoms with Crippen LogP contribution in [0.4, 0.5) is 0 Å². The summed E-state index contributed by atoms with van der Waals surface area (Å²) in [5.74, 6) is 0.0340. The van der Waals surface area contributed by atoms with Crippen molar-refractivity contribution in [2.24, 2.45) is 0 Å². The van der Waals surface area contributed by atoms with Crippen molar-refractivity contribution in [3.05, 3.63) is 35.2 Å². The number of nitrogens with one attached hydrogen (secondary N) is 1. The van der Waals surface area contributed by atoms with Crippen LogP contribution in [0.1, 0.15) is 35.6 Å². The van der Waals surface area contributed by atoms with Crippen LogP contribution >= 0.6 is 0 Å². The Bertz CT molecular complexity index is 857. The number of benzene rings is 1. The summed E-state index contributed by atoms with van der Waals surface area (Å²) in [5, 5.41) is 2.90. The van der Waals surface area contributed by atoms with Crippen molar-refractivity contribution in [2.45, 2.75) is 33.7 Å². The maximum atomic E-state index is 12.8. The summed E-state index contributed by atoms with van der Waals surface area (Å²) in [6.45, 7) is 10.8. The highest BCUT2D eigenvalue weighted by molar-refractivity contribution is 5.97. The Morgan fingerprint density at radius 2 is 1.67 bits per heavy atom. The Hall–Kier alpha value is -2.54. The van der Waals surface area contributed by atoms with E-state index in [0.717, 1.165) is 22.4 Å². The molecule has 2 amide bonds. The van der Waals surface area contributed by atoms with Crippen molar-refractivity contribution in [2.75, 3.05) is 32.7 Å². The Balaban J connectivity index is 1.63. The van der Waals surface area contributed by atoms with Gasteiger partial charge in [0.05, 0.1) is 29.0 Å². The SMILES string of the molecule is Cc1nc2ccc(C(=O)N3CCN(CC(=O)NC(C)C)CC3)cc2nc1C. The fraction of sp³-hybridized carbons (Fsp3) is 0.500. The largest absolute Gasteiger partial charge is 0.353 e. The fourth-order valence-corrected chi connectivity index (χ4v) is 3.23. The summed E-state index contributed by atoms with van der Waals surface area (Å²) in [6, 6.07) is 5.63. The third kappa shape index (κ3) is 4.60. The van der Waals surface area contributed by atoms with Crippen molar-refractivity contribution >= 4 is 22.8 Å². The minimum Gasteiger partial charge on any atom is -0.353 e. The topological polar surface area (TPSA) is 78.4 Å². The normalized spacial score (nSPS) is 15.4. The van der Waals surface area contributed by atoms with E-state index in [0.29, 0.717) is 38.3 Å². The van der Waals surface area contributed by atoms with E-state index in [4.69, 9.17) is 0 Å². The molecule has 1 N–H and O–H groups in total. The van der Waals surface area contributed by atoms with Gasteiger partial charge < -0.3 is 10.2 Å². The molecule has 0 saturated carbocycles. The molecule has 7 heteroatoms. The van der Waals surface area contributed by atoms with E-state index >= 15 is 0 Å². The Labute approximate surface area is 159 Å². The second-order valence-corrected chi connectivity index (χ2v) is 7.39. The minimum atomic E-state index is 0.00297. The van der Waals surface area contributed by atoms with E-state index in [2.05, 4.69) is 20.2 Å². The average Bonchev–Trinajstić information content (AvgIpc) is 2.61. The molecule has 0 aliphatic carbocycles. The van der Waals surface area contributed by atoms with Gasteiger partial charge in [0, 0.05) is 37.8 Å². The van der Waals surface area contributed by atoms with Gasteiger partial charge in [-0.2, -0.15) is 0 Å². The smallest absolute Gasteiger partial charge is 0.254 e. The second kappa shape index (κ2) is 8.00. The lowest BCUT2D eigenvalue weighted by molar-refractivity contribution is -0.123. The van der Waals surface area contributed by atoms with Gasteiger partial charge in [-0.1, -0.05) is 0 Å². The zero-order valence-corrected chi connectivity index (χ0v) is 16.5. The third-order valence-corrected chi connectivity index (χ3v) is 4.80. The lowest BCUT2D eigenvalue weighted by Crippen LogP contribution is -2.51. The summed E-state index contributed by atoms with van der Waals surface area (Å²) < 4.78 is 0. The van der Waals surface area contributed by atoms with Crippen molar-refractivity contribution in [1.82, 2.24) is 25.1 Å². The van der Waals surface area contributed by atoms with Crippen LogP contribution in [0, 0.1) is 13.8 Å². The summed E-state index contributed by atoms with van der Waals surface area (Å²) in [7, 11) is 0. The molecule has 1 fully saturated rings. The molecule has 2 aromatic rings. The molecule has 1 aliphatic heterocycles. The maximum Gasteiger partial charge on any atom is 0.254 e. The Morgan fingerprint density at radius 1 is 1.04 bits per heavy atom. The average molecular weight is 369 g/mol. The predicted molar refractivity (Wildman–Crippen MR) is 105 cm³/mol. The number of nitrogens with zero attached hydrogens (tertiary/aromatic N) is 4. The van der Waals surface area contributed by atoms with Crippen LogP contribution in [0.25, 0.3) is 11.0 Å². The van der Waals surface area contributed by atoms with Gasteiger partial charge in [0.1, 0.15) is 0 Å². The highest BCUT2D eigenvalue weighted by atomic mass is 16.2. The number of rotatable bonds is 4. The highest BCUT2D eigenvalue weighted by Gasteiger charge is 2.23. The van der Waals surface area contributed by atoms with E-state index in [1.54, 1.807) is 0 Å². The first kappa shape index (κ1) is 19.2. The van der Waals surface area contributed by atoms with Gasteiger partial charge in [-0.05, 0) is 45.9 Å². The van der Waals surface area contributed by atoms with Crippen molar-refractivity contribution in [1.29, 1.82) is 0 Å². The van der Waals surface area contributed by atoms with E-state index in [9.17, 15) is 9.59 Å². The standard InChI is InChI=1S/C20H27N5O2/c1-13(2)21-19(26)12-24-7-9-25(10-8-24)20(27)16-5-6-17-18(11-16)23-15(4)14(3)22-17/h5-6,11,13H,7-10,12H2,1-4H3,(H,21,26). The molecule has 0 spiro atoms. The summed E-state index contributed by atoms with van der Waals surface area (Å²) >= 11 is 0. The zero-order chi connectivity index (χ0) is 19.6. The molecule has 144 valence electrons. The van der Waals surface area contributed by atoms with Gasteiger partial charge >= 0.3 is 0 Å². The number of piperazine rings is 1. The van der Waals surface area contributed by atoms with Crippen molar-refractivity contribution < 1.29 is 9.59 Å². The van der Waals surface area contributed by atoms with Gasteiger partial charge in [0.25, 0.3) is 5.91 Å². The molecule has 1 aromatic heterocycles. The molecule has 3 rings (SSSR count). The molecule has 0 atom stereocenters. The predicted octanol–water partition coefficient (Wildman–Crippen LogP) is 1.53. The van der Waals surface area contributed by atoms with Crippen LogP contribution in [0.5, 0.6) is 0 Å². The summed E-state index contributed by atoms with van der Waals surface area (Å²) in [5.41, 5.74) is 3.95. The summed E-state index contributed by atoms with van der Waals surface area (Å²) in [4.78, 5) is 37.7. The second-order valence-electron chi connectivity index (χ2n) is 7.39. The van der Waals surface area contributed by atoms with E-state index < -0.39 is 0 Å². The third-order valence-electron chi connectivity index (χ3n) is 4.80. The van der Waals surface area contributed by atoms with Crippen LogP contribution in [0.15, 0.2) is 18.2 Å². The molecule has 1 aliphatic rings. The van der Waals surface area contributed by atoms with E-state index in [1.165, 1.54) is 0 Å². The number of amides is 2. The number of hydrogen-bond donors (Lipinski definition) is 1. The number of fused-ring (bicyclic) bond motifs is 1. The minimum absolute atomic E-state index is 0.00297. The molecule has 0 unspecified atom stereocenters. The zero-order valence-electron chi connectivity index (χ0n) is 16.5. The van der Waals surface area contributed by atoms with Crippen LogP contribution < -0.4 is 5.32 Å². The summed E-state index contributed by atoms with van der Waals surface area (Å²) in [6.07, 6.45) is 0. The van der Waals surface area contributed by atoms with Crippen LogP contribution in [-0.4, -0.2) is 70.3 Å². The first-order chi connectivity index (χ1) is 12.8. The van der Waals surface area contributed by atoms with Gasteiger partial charge in [-0.25, -0.2) is 9.97 Å².